The molecule has 3 aromatic rings. The molecule has 2 aromatic carbocycles. The van der Waals surface area contributed by atoms with Crippen molar-refractivity contribution in [3.63, 3.8) is 0 Å². The van der Waals surface area contributed by atoms with Crippen LogP contribution in [0.4, 0.5) is 0 Å². The van der Waals surface area contributed by atoms with Crippen molar-refractivity contribution in [3.05, 3.63) is 70.6 Å². The van der Waals surface area contributed by atoms with E-state index in [1.807, 2.05) is 49.1 Å². The van der Waals surface area contributed by atoms with Gasteiger partial charge in [0, 0.05) is 36.2 Å². The molecule has 4 nitrogen and oxygen atoms in total. The predicted octanol–water partition coefficient (Wildman–Crippen LogP) is 4.99. The van der Waals surface area contributed by atoms with Crippen LogP contribution in [0.5, 0.6) is 0 Å². The quantitative estimate of drug-likeness (QED) is 0.611. The zero-order valence-corrected chi connectivity index (χ0v) is 18.4. The average molecular weight is 421 g/mol. The molecule has 2 amide bonds. The third kappa shape index (κ3) is 4.41. The van der Waals surface area contributed by atoms with E-state index in [2.05, 4.69) is 29.6 Å². The Morgan fingerprint density at radius 2 is 1.83 bits per heavy atom. The van der Waals surface area contributed by atoms with Crippen molar-refractivity contribution in [2.24, 2.45) is 0 Å². The van der Waals surface area contributed by atoms with Crippen LogP contribution in [0.2, 0.25) is 0 Å². The summed E-state index contributed by atoms with van der Waals surface area (Å²) in [6.07, 6.45) is 2.20. The Kier molecular flexibility index (Phi) is 6.18. The molecular weight excluding hydrogens is 392 g/mol. The molecule has 0 radical (unpaired) electrons. The summed E-state index contributed by atoms with van der Waals surface area (Å²) in [6, 6.07) is 18.5. The normalized spacial score (nSPS) is 16.4. The third-order valence-electron chi connectivity index (χ3n) is 5.68. The van der Waals surface area contributed by atoms with Gasteiger partial charge < -0.3 is 10.2 Å². The molecule has 1 aliphatic rings. The van der Waals surface area contributed by atoms with Crippen LogP contribution in [0.3, 0.4) is 0 Å². The van der Waals surface area contributed by atoms with Crippen molar-refractivity contribution in [1.82, 2.24) is 10.2 Å². The molecule has 1 atom stereocenters. The number of nitrogens with zero attached hydrogens (tertiary/aromatic N) is 1. The van der Waals surface area contributed by atoms with Gasteiger partial charge in [-0.3, -0.25) is 9.59 Å². The molecule has 156 valence electrons. The Morgan fingerprint density at radius 3 is 2.60 bits per heavy atom. The van der Waals surface area contributed by atoms with Crippen LogP contribution in [-0.4, -0.2) is 35.8 Å². The maximum Gasteiger partial charge on any atom is 0.261 e. The summed E-state index contributed by atoms with van der Waals surface area (Å²) in [5.41, 5.74) is 2.31. The first kappa shape index (κ1) is 20.6. The lowest BCUT2D eigenvalue weighted by molar-refractivity contribution is -0.130. The van der Waals surface area contributed by atoms with Crippen LogP contribution < -0.4 is 5.32 Å². The number of thiophene rings is 1. The van der Waals surface area contributed by atoms with Gasteiger partial charge in [-0.15, -0.1) is 11.3 Å². The summed E-state index contributed by atoms with van der Waals surface area (Å²) < 4.78 is 1.13. The van der Waals surface area contributed by atoms with E-state index >= 15 is 0 Å². The number of aryl methyl sites for hydroxylation is 1. The highest BCUT2D eigenvalue weighted by molar-refractivity contribution is 7.21. The maximum atomic E-state index is 12.9. The Morgan fingerprint density at radius 1 is 1.10 bits per heavy atom. The molecule has 1 aliphatic heterocycles. The van der Waals surface area contributed by atoms with Crippen LogP contribution in [0.15, 0.2) is 54.6 Å². The van der Waals surface area contributed by atoms with E-state index in [4.69, 9.17) is 0 Å². The average Bonchev–Trinajstić information content (AvgIpc) is 3.37. The molecule has 1 aromatic heterocycles. The number of likely N-dealkylation sites (tertiary alicyclic amines) is 1. The minimum Gasteiger partial charge on any atom is -0.349 e. The number of hydrogen-bond donors (Lipinski definition) is 1. The number of fused-ring (bicyclic) bond motifs is 1. The topological polar surface area (TPSA) is 49.4 Å². The summed E-state index contributed by atoms with van der Waals surface area (Å²) in [4.78, 5) is 28.5. The van der Waals surface area contributed by atoms with Crippen LogP contribution >= 0.6 is 11.3 Å². The summed E-state index contributed by atoms with van der Waals surface area (Å²) >= 11 is 1.56. The molecule has 2 heterocycles. The van der Waals surface area contributed by atoms with E-state index in [9.17, 15) is 9.59 Å². The second-order valence-corrected chi connectivity index (χ2v) is 9.33. The number of benzene rings is 2. The molecule has 1 saturated heterocycles. The SMILES string of the molecule is CC(C)NC(=O)c1sc2ccccc2c1[C@@H]1CCN(C(=O)CCc2ccccc2)C1. The van der Waals surface area contributed by atoms with Gasteiger partial charge in [-0.2, -0.15) is 0 Å². The zero-order valence-electron chi connectivity index (χ0n) is 17.6. The predicted molar refractivity (Wildman–Crippen MR) is 123 cm³/mol. The van der Waals surface area contributed by atoms with Gasteiger partial charge in [-0.25, -0.2) is 0 Å². The molecule has 1 N–H and O–H groups in total. The van der Waals surface area contributed by atoms with Crippen molar-refractivity contribution in [2.75, 3.05) is 13.1 Å². The minimum absolute atomic E-state index is 0.00458. The lowest BCUT2D eigenvalue weighted by atomic mass is 9.95. The fraction of sp³-hybridized carbons (Fsp3) is 0.360. The standard InChI is InChI=1S/C25H28N2O2S/c1-17(2)26-25(29)24-23(20-10-6-7-11-21(20)30-24)19-14-15-27(16-19)22(28)13-12-18-8-4-3-5-9-18/h3-11,17,19H,12-16H2,1-2H3,(H,26,29)/t19-/m1/s1. The monoisotopic (exact) mass is 420 g/mol. The second kappa shape index (κ2) is 9.00. The number of carbonyl (C=O) groups excluding carboxylic acids is 2. The van der Waals surface area contributed by atoms with Crippen molar-refractivity contribution in [2.45, 2.75) is 45.1 Å². The fourth-order valence-electron chi connectivity index (χ4n) is 4.24. The third-order valence-corrected chi connectivity index (χ3v) is 6.86. The van der Waals surface area contributed by atoms with Crippen LogP contribution in [-0.2, 0) is 11.2 Å². The number of hydrogen-bond acceptors (Lipinski definition) is 3. The summed E-state index contributed by atoms with van der Waals surface area (Å²) in [7, 11) is 0. The fourth-order valence-corrected chi connectivity index (χ4v) is 5.44. The van der Waals surface area contributed by atoms with Crippen LogP contribution in [0.1, 0.15) is 53.4 Å². The first-order valence-corrected chi connectivity index (χ1v) is 11.5. The lowest BCUT2D eigenvalue weighted by Crippen LogP contribution is -2.31. The molecular formula is C25H28N2O2S. The molecule has 0 saturated carbocycles. The number of nitrogens with one attached hydrogen (secondary N) is 1. The molecule has 1 fully saturated rings. The van der Waals surface area contributed by atoms with E-state index in [0.717, 1.165) is 39.9 Å². The Balaban J connectivity index is 1.52. The van der Waals surface area contributed by atoms with E-state index in [-0.39, 0.29) is 23.8 Å². The largest absolute Gasteiger partial charge is 0.349 e. The lowest BCUT2D eigenvalue weighted by Gasteiger charge is -2.17. The number of carbonyl (C=O) groups is 2. The first-order valence-electron chi connectivity index (χ1n) is 10.7. The number of amides is 2. The van der Waals surface area contributed by atoms with Crippen molar-refractivity contribution >= 4 is 33.2 Å². The Labute approximate surface area is 181 Å². The summed E-state index contributed by atoms with van der Waals surface area (Å²) in [6.45, 7) is 5.41. The van der Waals surface area contributed by atoms with Crippen molar-refractivity contribution in [1.29, 1.82) is 0 Å². The first-order chi connectivity index (χ1) is 14.5. The van der Waals surface area contributed by atoms with Gasteiger partial charge >= 0.3 is 0 Å². The highest BCUT2D eigenvalue weighted by atomic mass is 32.1. The highest BCUT2D eigenvalue weighted by Gasteiger charge is 2.32. The Bertz CT molecular complexity index is 1040. The van der Waals surface area contributed by atoms with Gasteiger partial charge in [-0.05, 0) is 49.3 Å². The van der Waals surface area contributed by atoms with E-state index in [0.29, 0.717) is 13.0 Å². The van der Waals surface area contributed by atoms with E-state index in [1.54, 1.807) is 11.3 Å². The maximum absolute atomic E-state index is 12.9. The second-order valence-electron chi connectivity index (χ2n) is 8.28. The highest BCUT2D eigenvalue weighted by Crippen LogP contribution is 2.40. The molecule has 30 heavy (non-hydrogen) atoms. The minimum atomic E-state index is -0.00458. The molecule has 5 heteroatoms. The Hall–Kier alpha value is -2.66. The zero-order chi connectivity index (χ0) is 21.1. The summed E-state index contributed by atoms with van der Waals surface area (Å²) in [5.74, 6) is 0.402. The van der Waals surface area contributed by atoms with Crippen molar-refractivity contribution in [3.8, 4) is 0 Å². The van der Waals surface area contributed by atoms with E-state index < -0.39 is 0 Å². The smallest absolute Gasteiger partial charge is 0.261 e. The van der Waals surface area contributed by atoms with Gasteiger partial charge in [0.15, 0.2) is 0 Å². The molecule has 0 unspecified atom stereocenters. The molecule has 0 spiro atoms. The van der Waals surface area contributed by atoms with Crippen LogP contribution in [0, 0.1) is 0 Å². The van der Waals surface area contributed by atoms with E-state index in [1.165, 1.54) is 5.56 Å². The molecule has 4 rings (SSSR count). The van der Waals surface area contributed by atoms with Gasteiger partial charge in [0.05, 0.1) is 4.88 Å². The number of rotatable bonds is 6. The molecule has 0 bridgehead atoms. The summed E-state index contributed by atoms with van der Waals surface area (Å²) in [5, 5.41) is 4.20. The van der Waals surface area contributed by atoms with Gasteiger partial charge in [0.1, 0.15) is 0 Å². The van der Waals surface area contributed by atoms with Gasteiger partial charge in [0.25, 0.3) is 5.91 Å². The van der Waals surface area contributed by atoms with Crippen molar-refractivity contribution < 1.29 is 9.59 Å². The van der Waals surface area contributed by atoms with Gasteiger partial charge in [-0.1, -0.05) is 48.5 Å². The molecule has 0 aliphatic carbocycles. The van der Waals surface area contributed by atoms with Crippen LogP contribution in [0.25, 0.3) is 10.1 Å². The van der Waals surface area contributed by atoms with Gasteiger partial charge in [0.2, 0.25) is 5.91 Å².